The molecular formula is C17H38N4O2. The SMILES string of the molecule is CCCCOCCCN=C(NCC)NCCCN(C)CCOC. The number of rotatable bonds is 15. The zero-order valence-corrected chi connectivity index (χ0v) is 15.7. The van der Waals surface area contributed by atoms with Gasteiger partial charge in [0.1, 0.15) is 0 Å². The maximum atomic E-state index is 5.55. The second kappa shape index (κ2) is 17.5. The molecule has 0 heterocycles. The number of aliphatic imine (C=N–C) groups is 1. The van der Waals surface area contributed by atoms with Crippen molar-refractivity contribution in [2.24, 2.45) is 4.99 Å². The number of ether oxygens (including phenoxy) is 2. The van der Waals surface area contributed by atoms with Crippen LogP contribution in [-0.4, -0.2) is 77.6 Å². The molecule has 138 valence electrons. The van der Waals surface area contributed by atoms with E-state index in [1.165, 1.54) is 6.42 Å². The standard InChI is InChI=1S/C17H38N4O2/c1-5-7-14-23-15-9-11-20-17(18-6-2)19-10-8-12-21(3)13-16-22-4/h5-16H2,1-4H3,(H2,18,19,20). The lowest BCUT2D eigenvalue weighted by Gasteiger charge is -2.17. The lowest BCUT2D eigenvalue weighted by molar-refractivity contribution is 0.130. The summed E-state index contributed by atoms with van der Waals surface area (Å²) in [6.45, 7) is 11.4. The van der Waals surface area contributed by atoms with Crippen LogP contribution in [0.4, 0.5) is 0 Å². The minimum absolute atomic E-state index is 0.786. The van der Waals surface area contributed by atoms with Crippen LogP contribution >= 0.6 is 0 Å². The van der Waals surface area contributed by atoms with Crippen LogP contribution in [0.1, 0.15) is 39.5 Å². The number of nitrogens with one attached hydrogen (secondary N) is 2. The van der Waals surface area contributed by atoms with E-state index < -0.39 is 0 Å². The molecule has 2 N–H and O–H groups in total. The quantitative estimate of drug-likeness (QED) is 0.272. The number of hydrogen-bond donors (Lipinski definition) is 2. The fourth-order valence-electron chi connectivity index (χ4n) is 1.96. The smallest absolute Gasteiger partial charge is 0.191 e. The van der Waals surface area contributed by atoms with Gasteiger partial charge in [-0.05, 0) is 39.8 Å². The summed E-state index contributed by atoms with van der Waals surface area (Å²) < 4.78 is 10.6. The molecule has 6 nitrogen and oxygen atoms in total. The normalized spacial score (nSPS) is 12.0. The Morgan fingerprint density at radius 1 is 1.00 bits per heavy atom. The van der Waals surface area contributed by atoms with Gasteiger partial charge in [-0.15, -0.1) is 0 Å². The molecule has 0 unspecified atom stereocenters. The van der Waals surface area contributed by atoms with E-state index in [0.29, 0.717) is 0 Å². The Morgan fingerprint density at radius 3 is 2.48 bits per heavy atom. The van der Waals surface area contributed by atoms with E-state index >= 15 is 0 Å². The predicted octanol–water partition coefficient (Wildman–Crippen LogP) is 1.72. The van der Waals surface area contributed by atoms with Crippen LogP contribution in [-0.2, 0) is 9.47 Å². The van der Waals surface area contributed by atoms with Gasteiger partial charge >= 0.3 is 0 Å². The molecule has 0 aromatic heterocycles. The van der Waals surface area contributed by atoms with Crippen molar-refractivity contribution < 1.29 is 9.47 Å². The highest BCUT2D eigenvalue weighted by molar-refractivity contribution is 5.79. The summed E-state index contributed by atoms with van der Waals surface area (Å²) in [5.41, 5.74) is 0. The zero-order chi connectivity index (χ0) is 17.2. The van der Waals surface area contributed by atoms with Gasteiger partial charge in [0.15, 0.2) is 5.96 Å². The third kappa shape index (κ3) is 15.8. The maximum Gasteiger partial charge on any atom is 0.191 e. The summed E-state index contributed by atoms with van der Waals surface area (Å²) in [6.07, 6.45) is 4.39. The van der Waals surface area contributed by atoms with Crippen molar-refractivity contribution in [3.63, 3.8) is 0 Å². The fourth-order valence-corrected chi connectivity index (χ4v) is 1.96. The van der Waals surface area contributed by atoms with Gasteiger partial charge in [0.05, 0.1) is 6.61 Å². The number of nitrogens with zero attached hydrogens (tertiary/aromatic N) is 2. The molecule has 0 aliphatic heterocycles. The fraction of sp³-hybridized carbons (Fsp3) is 0.941. The van der Waals surface area contributed by atoms with Crippen molar-refractivity contribution in [2.45, 2.75) is 39.5 Å². The molecule has 23 heavy (non-hydrogen) atoms. The number of unbranched alkanes of at least 4 members (excludes halogenated alkanes) is 1. The molecular weight excluding hydrogens is 292 g/mol. The average molecular weight is 331 g/mol. The summed E-state index contributed by atoms with van der Waals surface area (Å²) in [7, 11) is 3.86. The highest BCUT2D eigenvalue weighted by atomic mass is 16.5. The van der Waals surface area contributed by atoms with Gasteiger partial charge < -0.3 is 25.0 Å². The van der Waals surface area contributed by atoms with Crippen LogP contribution in [0.25, 0.3) is 0 Å². The van der Waals surface area contributed by atoms with E-state index in [2.05, 4.69) is 41.4 Å². The molecule has 0 amide bonds. The summed E-state index contributed by atoms with van der Waals surface area (Å²) in [5.74, 6) is 0.903. The van der Waals surface area contributed by atoms with Crippen LogP contribution in [0.15, 0.2) is 4.99 Å². The Hall–Kier alpha value is -0.850. The van der Waals surface area contributed by atoms with Crippen molar-refractivity contribution in [2.75, 3.05) is 66.7 Å². The predicted molar refractivity (Wildman–Crippen MR) is 98.3 cm³/mol. The minimum atomic E-state index is 0.786. The molecule has 0 rings (SSSR count). The zero-order valence-electron chi connectivity index (χ0n) is 15.7. The Morgan fingerprint density at radius 2 is 1.78 bits per heavy atom. The molecule has 0 aromatic carbocycles. The number of hydrogen-bond acceptors (Lipinski definition) is 4. The van der Waals surface area contributed by atoms with Crippen LogP contribution in [0, 0.1) is 0 Å². The Balaban J connectivity index is 3.73. The maximum absolute atomic E-state index is 5.55. The van der Waals surface area contributed by atoms with E-state index in [9.17, 15) is 0 Å². The second-order valence-electron chi connectivity index (χ2n) is 5.66. The molecule has 0 saturated heterocycles. The van der Waals surface area contributed by atoms with E-state index in [-0.39, 0.29) is 0 Å². The minimum Gasteiger partial charge on any atom is -0.383 e. The molecule has 0 aliphatic carbocycles. The van der Waals surface area contributed by atoms with Crippen molar-refractivity contribution in [3.8, 4) is 0 Å². The molecule has 0 saturated carbocycles. The Bertz CT molecular complexity index is 275. The molecule has 6 heteroatoms. The Labute approximate surface area is 143 Å². The first-order valence-electron chi connectivity index (χ1n) is 9.02. The van der Waals surface area contributed by atoms with Crippen LogP contribution in [0.5, 0.6) is 0 Å². The third-order valence-corrected chi connectivity index (χ3v) is 3.39. The van der Waals surface area contributed by atoms with Gasteiger partial charge in [0.25, 0.3) is 0 Å². The summed E-state index contributed by atoms with van der Waals surface area (Å²) in [4.78, 5) is 6.86. The lowest BCUT2D eigenvalue weighted by atomic mass is 10.4. The molecule has 0 aromatic rings. The number of likely N-dealkylation sites (N-methyl/N-ethyl adjacent to an activating group) is 1. The molecule has 0 atom stereocenters. The van der Waals surface area contributed by atoms with Crippen molar-refractivity contribution >= 4 is 5.96 Å². The molecule has 0 aliphatic rings. The van der Waals surface area contributed by atoms with E-state index in [0.717, 1.165) is 77.8 Å². The average Bonchev–Trinajstić information content (AvgIpc) is 2.55. The van der Waals surface area contributed by atoms with Crippen LogP contribution in [0.2, 0.25) is 0 Å². The van der Waals surface area contributed by atoms with Gasteiger partial charge in [0.2, 0.25) is 0 Å². The monoisotopic (exact) mass is 330 g/mol. The number of guanidine groups is 1. The topological polar surface area (TPSA) is 58.1 Å². The third-order valence-electron chi connectivity index (χ3n) is 3.39. The van der Waals surface area contributed by atoms with Crippen LogP contribution in [0.3, 0.4) is 0 Å². The van der Waals surface area contributed by atoms with Gasteiger partial charge in [-0.1, -0.05) is 13.3 Å². The van der Waals surface area contributed by atoms with Crippen molar-refractivity contribution in [1.29, 1.82) is 0 Å². The Kier molecular flexibility index (Phi) is 16.9. The lowest BCUT2D eigenvalue weighted by Crippen LogP contribution is -2.38. The largest absolute Gasteiger partial charge is 0.383 e. The second-order valence-corrected chi connectivity index (χ2v) is 5.66. The molecule has 0 fully saturated rings. The highest BCUT2D eigenvalue weighted by Gasteiger charge is 1.99. The summed E-state index contributed by atoms with van der Waals surface area (Å²) >= 11 is 0. The van der Waals surface area contributed by atoms with E-state index in [1.54, 1.807) is 7.11 Å². The summed E-state index contributed by atoms with van der Waals surface area (Å²) in [5, 5.41) is 6.66. The van der Waals surface area contributed by atoms with Gasteiger partial charge in [-0.3, -0.25) is 4.99 Å². The van der Waals surface area contributed by atoms with E-state index in [4.69, 9.17) is 9.47 Å². The number of methoxy groups -OCH3 is 1. The van der Waals surface area contributed by atoms with Gasteiger partial charge in [-0.25, -0.2) is 0 Å². The van der Waals surface area contributed by atoms with Crippen molar-refractivity contribution in [3.05, 3.63) is 0 Å². The first-order chi connectivity index (χ1) is 11.2. The first-order valence-corrected chi connectivity index (χ1v) is 9.02. The molecule has 0 bridgehead atoms. The van der Waals surface area contributed by atoms with E-state index in [1.807, 2.05) is 0 Å². The molecule has 0 radical (unpaired) electrons. The first kappa shape index (κ1) is 22.1. The van der Waals surface area contributed by atoms with Gasteiger partial charge in [0, 0.05) is 46.5 Å². The highest BCUT2D eigenvalue weighted by Crippen LogP contribution is 1.91. The van der Waals surface area contributed by atoms with Gasteiger partial charge in [-0.2, -0.15) is 0 Å². The summed E-state index contributed by atoms with van der Waals surface area (Å²) in [6, 6.07) is 0. The van der Waals surface area contributed by atoms with Crippen LogP contribution < -0.4 is 10.6 Å². The molecule has 0 spiro atoms. The van der Waals surface area contributed by atoms with Crippen molar-refractivity contribution in [1.82, 2.24) is 15.5 Å².